The maximum Gasteiger partial charge on any atom is 0.428 e. The minimum atomic E-state index is -5.64. The number of hydrogen-bond acceptors (Lipinski definition) is 7. The van der Waals surface area contributed by atoms with Crippen molar-refractivity contribution in [3.05, 3.63) is 0 Å². The van der Waals surface area contributed by atoms with E-state index in [2.05, 4.69) is 14.5 Å². The average molecular weight is 411 g/mol. The summed E-state index contributed by atoms with van der Waals surface area (Å²) in [4.78, 5) is 26.3. The van der Waals surface area contributed by atoms with Crippen molar-refractivity contribution >= 4 is 17.7 Å². The number of halogens is 6. The van der Waals surface area contributed by atoms with Crippen molar-refractivity contribution in [2.24, 2.45) is 4.99 Å². The Morgan fingerprint density at radius 1 is 0.852 bits per heavy atom. The fourth-order valence-corrected chi connectivity index (χ4v) is 2.02. The van der Waals surface area contributed by atoms with Gasteiger partial charge in [-0.3, -0.25) is 4.99 Å². The van der Waals surface area contributed by atoms with Crippen LogP contribution in [-0.4, -0.2) is 71.7 Å². The third-order valence-electron chi connectivity index (χ3n) is 3.34. The molecular formula is C14H19F6NO6. The molecule has 0 saturated carbocycles. The largest absolute Gasteiger partial charge is 0.467 e. The highest BCUT2D eigenvalue weighted by molar-refractivity contribution is 5.96. The molecule has 13 heteroatoms. The second-order valence-electron chi connectivity index (χ2n) is 5.84. The number of carbonyl (C=O) groups excluding carboxylic acids is 2. The van der Waals surface area contributed by atoms with Gasteiger partial charge in [-0.15, -0.1) is 0 Å². The van der Waals surface area contributed by atoms with Gasteiger partial charge in [0.2, 0.25) is 0 Å². The molecule has 0 aromatic carbocycles. The van der Waals surface area contributed by atoms with Crippen LogP contribution in [0.5, 0.6) is 0 Å². The highest BCUT2D eigenvalue weighted by Crippen LogP contribution is 2.39. The van der Waals surface area contributed by atoms with Crippen LogP contribution < -0.4 is 0 Å². The maximum atomic E-state index is 13.1. The minimum absolute atomic E-state index is 0.527. The van der Waals surface area contributed by atoms with Gasteiger partial charge in [-0.2, -0.15) is 26.3 Å². The molecule has 0 aromatic rings. The van der Waals surface area contributed by atoms with Crippen molar-refractivity contribution in [3.63, 3.8) is 0 Å². The first-order valence-electron chi connectivity index (χ1n) is 7.26. The molecule has 0 amide bonds. The number of ether oxygens (including phenoxy) is 2. The molecule has 0 radical (unpaired) electrons. The first-order chi connectivity index (χ1) is 12.0. The van der Waals surface area contributed by atoms with Crippen LogP contribution in [-0.2, 0) is 19.1 Å². The summed E-state index contributed by atoms with van der Waals surface area (Å²) in [6.07, 6.45) is -14.9. The number of aliphatic hydroxyl groups is 2. The minimum Gasteiger partial charge on any atom is -0.467 e. The Labute approximate surface area is 150 Å². The third kappa shape index (κ3) is 5.54. The van der Waals surface area contributed by atoms with Crippen LogP contribution in [0.3, 0.4) is 0 Å². The first kappa shape index (κ1) is 25.1. The second-order valence-corrected chi connectivity index (χ2v) is 5.84. The number of methoxy groups -OCH3 is 2. The normalized spacial score (nSPS) is 16.9. The van der Waals surface area contributed by atoms with Gasteiger partial charge >= 0.3 is 24.3 Å². The molecule has 0 aliphatic rings. The summed E-state index contributed by atoms with van der Waals surface area (Å²) in [5.74, 6) is -4.39. The lowest BCUT2D eigenvalue weighted by molar-refractivity contribution is -0.262. The number of carbonyl (C=O) groups is 2. The smallest absolute Gasteiger partial charge is 0.428 e. The highest BCUT2D eigenvalue weighted by Gasteiger charge is 2.64. The number of rotatable bonds is 7. The van der Waals surface area contributed by atoms with Crippen molar-refractivity contribution in [2.45, 2.75) is 56.3 Å². The van der Waals surface area contributed by atoms with Crippen LogP contribution >= 0.6 is 0 Å². The van der Waals surface area contributed by atoms with E-state index >= 15 is 0 Å². The van der Waals surface area contributed by atoms with Crippen LogP contribution in [0.25, 0.3) is 0 Å². The van der Waals surface area contributed by atoms with Gasteiger partial charge in [-0.25, -0.2) is 9.59 Å². The SMILES string of the molecule is COC(=O)C(O)(CC(CC(O)(C(=O)OC)C(F)(F)F)=NC(C)C)C(F)(F)F. The number of aliphatic imine (C=N–C) groups is 1. The summed E-state index contributed by atoms with van der Waals surface area (Å²) >= 11 is 0. The molecule has 0 saturated heterocycles. The predicted octanol–water partition coefficient (Wildman–Crippen LogP) is 1.55. The van der Waals surface area contributed by atoms with Gasteiger partial charge in [0.25, 0.3) is 11.2 Å². The maximum absolute atomic E-state index is 13.1. The fraction of sp³-hybridized carbons (Fsp3) is 0.786. The lowest BCUT2D eigenvalue weighted by Crippen LogP contribution is -2.57. The molecule has 0 heterocycles. The van der Waals surface area contributed by atoms with Crippen LogP contribution in [0.1, 0.15) is 26.7 Å². The van der Waals surface area contributed by atoms with Crippen molar-refractivity contribution in [1.29, 1.82) is 0 Å². The molecule has 0 fully saturated rings. The lowest BCUT2D eigenvalue weighted by atomic mass is 9.88. The van der Waals surface area contributed by atoms with Crippen molar-refractivity contribution in [1.82, 2.24) is 0 Å². The number of alkyl halides is 6. The zero-order chi connectivity index (χ0) is 21.8. The monoisotopic (exact) mass is 411 g/mol. The Hall–Kier alpha value is -1.89. The van der Waals surface area contributed by atoms with E-state index in [9.17, 15) is 46.1 Å². The Balaban J connectivity index is 6.24. The fourth-order valence-electron chi connectivity index (χ4n) is 2.02. The van der Waals surface area contributed by atoms with Gasteiger partial charge in [0.1, 0.15) is 0 Å². The van der Waals surface area contributed by atoms with Crippen LogP contribution in [0, 0.1) is 0 Å². The summed E-state index contributed by atoms with van der Waals surface area (Å²) in [5.41, 5.74) is -9.57. The highest BCUT2D eigenvalue weighted by atomic mass is 19.4. The standard InChI is InChI=1S/C14H19F6NO6/c1-7(2)21-8(5-11(24,9(22)26-3)13(15,16)17)6-12(25,10(23)27-4)14(18,19)20/h7,24-25H,5-6H2,1-4H3. The molecule has 0 rings (SSSR count). The molecule has 0 bridgehead atoms. The van der Waals surface area contributed by atoms with E-state index in [-0.39, 0.29) is 0 Å². The molecule has 0 aliphatic heterocycles. The topological polar surface area (TPSA) is 105 Å². The zero-order valence-corrected chi connectivity index (χ0v) is 14.7. The number of hydrogen-bond donors (Lipinski definition) is 2. The van der Waals surface area contributed by atoms with Crippen molar-refractivity contribution in [3.8, 4) is 0 Å². The third-order valence-corrected chi connectivity index (χ3v) is 3.34. The van der Waals surface area contributed by atoms with Crippen LogP contribution in [0.2, 0.25) is 0 Å². The molecule has 2 atom stereocenters. The quantitative estimate of drug-likeness (QED) is 0.374. The molecule has 27 heavy (non-hydrogen) atoms. The van der Waals surface area contributed by atoms with Crippen molar-refractivity contribution in [2.75, 3.05) is 14.2 Å². The predicted molar refractivity (Wildman–Crippen MR) is 77.8 cm³/mol. The van der Waals surface area contributed by atoms with Crippen molar-refractivity contribution < 1.29 is 55.6 Å². The van der Waals surface area contributed by atoms with E-state index in [0.29, 0.717) is 14.2 Å². The molecule has 0 aromatic heterocycles. The van der Waals surface area contributed by atoms with Crippen LogP contribution in [0.4, 0.5) is 26.3 Å². The Bertz CT molecular complexity index is 544. The van der Waals surface area contributed by atoms with Gasteiger partial charge in [0.05, 0.1) is 14.2 Å². The molecule has 2 unspecified atom stereocenters. The Kier molecular flexibility index (Phi) is 7.83. The zero-order valence-electron chi connectivity index (χ0n) is 14.7. The molecule has 0 spiro atoms. The summed E-state index contributed by atoms with van der Waals surface area (Å²) in [6.45, 7) is 2.55. The molecule has 2 N–H and O–H groups in total. The summed E-state index contributed by atoms with van der Waals surface area (Å²) < 4.78 is 86.6. The van der Waals surface area contributed by atoms with E-state index < -0.39 is 60.1 Å². The summed E-state index contributed by atoms with van der Waals surface area (Å²) in [6, 6.07) is -0.898. The lowest BCUT2D eigenvalue weighted by Gasteiger charge is -2.32. The molecular weight excluding hydrogens is 392 g/mol. The molecule has 0 aliphatic carbocycles. The van der Waals surface area contributed by atoms with E-state index in [1.165, 1.54) is 13.8 Å². The number of nitrogens with zero attached hydrogens (tertiary/aromatic N) is 1. The Morgan fingerprint density at radius 3 is 1.33 bits per heavy atom. The number of esters is 2. The molecule has 158 valence electrons. The average Bonchev–Trinajstić information content (AvgIpc) is 2.49. The summed E-state index contributed by atoms with van der Waals surface area (Å²) in [7, 11) is 1.05. The van der Waals surface area contributed by atoms with Gasteiger partial charge in [-0.05, 0) is 13.8 Å². The van der Waals surface area contributed by atoms with E-state index in [1.807, 2.05) is 0 Å². The summed E-state index contributed by atoms with van der Waals surface area (Å²) in [5, 5.41) is 19.5. The van der Waals surface area contributed by atoms with Gasteiger partial charge in [0, 0.05) is 24.6 Å². The Morgan fingerprint density at radius 2 is 1.15 bits per heavy atom. The van der Waals surface area contributed by atoms with E-state index in [4.69, 9.17) is 0 Å². The van der Waals surface area contributed by atoms with Gasteiger partial charge in [-0.1, -0.05) is 0 Å². The van der Waals surface area contributed by atoms with E-state index in [1.54, 1.807) is 0 Å². The first-order valence-corrected chi connectivity index (χ1v) is 7.26. The van der Waals surface area contributed by atoms with Gasteiger partial charge in [0.15, 0.2) is 0 Å². The van der Waals surface area contributed by atoms with E-state index in [0.717, 1.165) is 0 Å². The van der Waals surface area contributed by atoms with Crippen LogP contribution in [0.15, 0.2) is 4.99 Å². The second kappa shape index (κ2) is 8.42. The van der Waals surface area contributed by atoms with Gasteiger partial charge < -0.3 is 19.7 Å². The molecule has 7 nitrogen and oxygen atoms in total.